The van der Waals surface area contributed by atoms with Gasteiger partial charge in [-0.05, 0) is 43.9 Å². The number of likely N-dealkylation sites (tertiary alicyclic amines) is 1. The molecule has 1 heterocycles. The third kappa shape index (κ3) is 4.12. The standard InChI is InChI=1S/C19H28N2O2/c1-13-7-6-8-16(14(13)2)20-17(22)15-9-11-21(12-10-15)18(23)19(3,4)5/h6-8,15H,9-12H2,1-5H3,(H,20,22). The van der Waals surface area contributed by atoms with Crippen molar-refractivity contribution in [1.29, 1.82) is 0 Å². The first-order chi connectivity index (χ1) is 10.7. The van der Waals surface area contributed by atoms with E-state index in [9.17, 15) is 9.59 Å². The van der Waals surface area contributed by atoms with Crippen molar-refractivity contribution in [3.63, 3.8) is 0 Å². The molecule has 0 spiro atoms. The Hall–Kier alpha value is -1.84. The Bertz CT molecular complexity index is 594. The quantitative estimate of drug-likeness (QED) is 0.907. The number of piperidine rings is 1. The lowest BCUT2D eigenvalue weighted by atomic mass is 9.90. The maximum atomic E-state index is 12.5. The van der Waals surface area contributed by atoms with Crippen molar-refractivity contribution in [2.75, 3.05) is 18.4 Å². The summed E-state index contributed by atoms with van der Waals surface area (Å²) in [6.07, 6.45) is 1.47. The molecule has 0 unspecified atom stereocenters. The highest BCUT2D eigenvalue weighted by molar-refractivity contribution is 5.93. The van der Waals surface area contributed by atoms with Crippen molar-refractivity contribution in [2.24, 2.45) is 11.3 Å². The molecule has 1 aliphatic heterocycles. The second-order valence-corrected chi connectivity index (χ2v) is 7.55. The SMILES string of the molecule is Cc1cccc(NC(=O)C2CCN(C(=O)C(C)(C)C)CC2)c1C. The summed E-state index contributed by atoms with van der Waals surface area (Å²) in [6.45, 7) is 11.2. The van der Waals surface area contributed by atoms with Crippen LogP contribution < -0.4 is 5.32 Å². The summed E-state index contributed by atoms with van der Waals surface area (Å²) in [7, 11) is 0. The van der Waals surface area contributed by atoms with E-state index < -0.39 is 0 Å². The molecule has 1 fully saturated rings. The van der Waals surface area contributed by atoms with E-state index >= 15 is 0 Å². The van der Waals surface area contributed by atoms with Gasteiger partial charge >= 0.3 is 0 Å². The predicted molar refractivity (Wildman–Crippen MR) is 93.3 cm³/mol. The molecule has 0 atom stereocenters. The van der Waals surface area contributed by atoms with E-state index in [2.05, 4.69) is 5.32 Å². The van der Waals surface area contributed by atoms with Crippen LogP contribution >= 0.6 is 0 Å². The zero-order valence-corrected chi connectivity index (χ0v) is 14.9. The highest BCUT2D eigenvalue weighted by atomic mass is 16.2. The molecule has 0 saturated carbocycles. The fraction of sp³-hybridized carbons (Fsp3) is 0.579. The Morgan fingerprint density at radius 3 is 2.30 bits per heavy atom. The van der Waals surface area contributed by atoms with Gasteiger partial charge in [0.1, 0.15) is 0 Å². The third-order valence-electron chi connectivity index (χ3n) is 4.66. The summed E-state index contributed by atoms with van der Waals surface area (Å²) in [6, 6.07) is 5.95. The Labute approximate surface area is 139 Å². The summed E-state index contributed by atoms with van der Waals surface area (Å²) < 4.78 is 0. The molecule has 1 aliphatic rings. The van der Waals surface area contributed by atoms with Crippen LogP contribution in [0.3, 0.4) is 0 Å². The van der Waals surface area contributed by atoms with Gasteiger partial charge in [-0.15, -0.1) is 0 Å². The molecule has 2 rings (SSSR count). The molecule has 4 nitrogen and oxygen atoms in total. The van der Waals surface area contributed by atoms with Crippen LogP contribution in [0, 0.1) is 25.2 Å². The molecule has 126 valence electrons. The second kappa shape index (κ2) is 6.73. The van der Waals surface area contributed by atoms with Crippen molar-refractivity contribution in [3.05, 3.63) is 29.3 Å². The number of rotatable bonds is 2. The van der Waals surface area contributed by atoms with Gasteiger partial charge in [-0.3, -0.25) is 9.59 Å². The van der Waals surface area contributed by atoms with E-state index in [1.807, 2.05) is 57.7 Å². The van der Waals surface area contributed by atoms with Gasteiger partial charge in [0.2, 0.25) is 11.8 Å². The second-order valence-electron chi connectivity index (χ2n) is 7.55. The van der Waals surface area contributed by atoms with Crippen molar-refractivity contribution in [2.45, 2.75) is 47.5 Å². The Kier molecular flexibility index (Phi) is 5.12. The van der Waals surface area contributed by atoms with Crippen molar-refractivity contribution in [3.8, 4) is 0 Å². The first-order valence-electron chi connectivity index (χ1n) is 8.36. The number of hydrogen-bond donors (Lipinski definition) is 1. The van der Waals surface area contributed by atoms with Gasteiger partial charge in [-0.1, -0.05) is 32.9 Å². The maximum Gasteiger partial charge on any atom is 0.227 e. The molecule has 0 radical (unpaired) electrons. The molecule has 2 amide bonds. The molecular weight excluding hydrogens is 288 g/mol. The number of aryl methyl sites for hydroxylation is 1. The minimum atomic E-state index is -0.353. The van der Waals surface area contributed by atoms with Gasteiger partial charge in [0.15, 0.2) is 0 Å². The van der Waals surface area contributed by atoms with Crippen molar-refractivity contribution < 1.29 is 9.59 Å². The first kappa shape index (κ1) is 17.5. The summed E-state index contributed by atoms with van der Waals surface area (Å²) in [5, 5.41) is 3.05. The van der Waals surface area contributed by atoms with E-state index in [4.69, 9.17) is 0 Å². The zero-order valence-electron chi connectivity index (χ0n) is 14.9. The summed E-state index contributed by atoms with van der Waals surface area (Å²) in [5.74, 6) is 0.228. The lowest BCUT2D eigenvalue weighted by Crippen LogP contribution is -2.45. The fourth-order valence-electron chi connectivity index (χ4n) is 2.94. The van der Waals surface area contributed by atoms with Crippen molar-refractivity contribution in [1.82, 2.24) is 4.90 Å². The molecule has 1 N–H and O–H groups in total. The first-order valence-corrected chi connectivity index (χ1v) is 8.36. The van der Waals surface area contributed by atoms with Crippen LogP contribution in [0.2, 0.25) is 0 Å². The smallest absolute Gasteiger partial charge is 0.227 e. The highest BCUT2D eigenvalue weighted by Gasteiger charge is 2.32. The molecule has 0 aromatic heterocycles. The average Bonchev–Trinajstić information content (AvgIpc) is 2.50. The number of nitrogens with zero attached hydrogens (tertiary/aromatic N) is 1. The van der Waals surface area contributed by atoms with Crippen LogP contribution in [0.25, 0.3) is 0 Å². The van der Waals surface area contributed by atoms with Gasteiger partial charge in [0.25, 0.3) is 0 Å². The van der Waals surface area contributed by atoms with E-state index in [-0.39, 0.29) is 23.1 Å². The molecule has 0 aliphatic carbocycles. The third-order valence-corrected chi connectivity index (χ3v) is 4.66. The van der Waals surface area contributed by atoms with Gasteiger partial charge in [0, 0.05) is 30.1 Å². The van der Waals surface area contributed by atoms with Crippen LogP contribution in [-0.4, -0.2) is 29.8 Å². The molecule has 0 bridgehead atoms. The maximum absolute atomic E-state index is 12.5. The monoisotopic (exact) mass is 316 g/mol. The molecule has 23 heavy (non-hydrogen) atoms. The normalized spacial score (nSPS) is 16.3. The minimum absolute atomic E-state index is 0.0149. The van der Waals surface area contributed by atoms with E-state index in [1.54, 1.807) is 0 Å². The van der Waals surface area contributed by atoms with Crippen LogP contribution in [-0.2, 0) is 9.59 Å². The zero-order chi connectivity index (χ0) is 17.2. The van der Waals surface area contributed by atoms with Gasteiger partial charge < -0.3 is 10.2 Å². The van der Waals surface area contributed by atoms with Crippen LogP contribution in [0.1, 0.15) is 44.7 Å². The van der Waals surface area contributed by atoms with Crippen LogP contribution in [0.4, 0.5) is 5.69 Å². The largest absolute Gasteiger partial charge is 0.342 e. The predicted octanol–water partition coefficient (Wildman–Crippen LogP) is 3.53. The molecule has 1 saturated heterocycles. The summed E-state index contributed by atoms with van der Waals surface area (Å²) in [4.78, 5) is 26.7. The average molecular weight is 316 g/mol. The Morgan fingerprint density at radius 2 is 1.74 bits per heavy atom. The van der Waals surface area contributed by atoms with E-state index in [0.717, 1.165) is 24.1 Å². The topological polar surface area (TPSA) is 49.4 Å². The molecule has 1 aromatic rings. The van der Waals surface area contributed by atoms with Gasteiger partial charge in [0.05, 0.1) is 0 Å². The van der Waals surface area contributed by atoms with Crippen molar-refractivity contribution >= 4 is 17.5 Å². The number of nitrogens with one attached hydrogen (secondary N) is 1. The number of anilines is 1. The van der Waals surface area contributed by atoms with E-state index in [1.165, 1.54) is 5.56 Å². The number of carbonyl (C=O) groups excluding carboxylic acids is 2. The number of amides is 2. The molecule has 1 aromatic carbocycles. The van der Waals surface area contributed by atoms with Crippen LogP contribution in [0.5, 0.6) is 0 Å². The van der Waals surface area contributed by atoms with Gasteiger partial charge in [-0.25, -0.2) is 0 Å². The van der Waals surface area contributed by atoms with E-state index in [0.29, 0.717) is 13.1 Å². The lowest BCUT2D eigenvalue weighted by molar-refractivity contribution is -0.142. The number of carbonyl (C=O) groups is 2. The highest BCUT2D eigenvalue weighted by Crippen LogP contribution is 2.25. The summed E-state index contributed by atoms with van der Waals surface area (Å²) >= 11 is 0. The molecular formula is C19H28N2O2. The fourth-order valence-corrected chi connectivity index (χ4v) is 2.94. The van der Waals surface area contributed by atoms with Crippen LogP contribution in [0.15, 0.2) is 18.2 Å². The minimum Gasteiger partial charge on any atom is -0.342 e. The Balaban J connectivity index is 1.94. The van der Waals surface area contributed by atoms with Gasteiger partial charge in [-0.2, -0.15) is 0 Å². The Morgan fingerprint density at radius 1 is 1.13 bits per heavy atom. The lowest BCUT2D eigenvalue weighted by Gasteiger charge is -2.35. The number of benzene rings is 1. The number of hydrogen-bond acceptors (Lipinski definition) is 2. The summed E-state index contributed by atoms with van der Waals surface area (Å²) in [5.41, 5.74) is 2.83. The molecule has 4 heteroatoms.